The summed E-state index contributed by atoms with van der Waals surface area (Å²) in [6.45, 7) is 7.91. The van der Waals surface area contributed by atoms with E-state index in [1.54, 1.807) is 6.07 Å². The molecule has 128 valence electrons. The SMILES string of the molecule is Cc1ccc([C@@H](C)NC(=O)COc2c(C)cc(Br)cc2Cl)cc1C. The van der Waals surface area contributed by atoms with Crippen LogP contribution in [-0.4, -0.2) is 12.5 Å². The van der Waals surface area contributed by atoms with Crippen molar-refractivity contribution in [2.24, 2.45) is 0 Å². The predicted octanol–water partition coefficient (Wildman–Crippen LogP) is 5.28. The number of hydrogen-bond acceptors (Lipinski definition) is 2. The molecule has 24 heavy (non-hydrogen) atoms. The molecule has 0 aromatic heterocycles. The highest BCUT2D eigenvalue weighted by Crippen LogP contribution is 2.31. The van der Waals surface area contributed by atoms with Crippen LogP contribution in [0.4, 0.5) is 0 Å². The maximum atomic E-state index is 12.2. The second-order valence-electron chi connectivity index (χ2n) is 5.96. The van der Waals surface area contributed by atoms with Crippen LogP contribution >= 0.6 is 27.5 Å². The molecule has 0 saturated heterocycles. The van der Waals surface area contributed by atoms with E-state index >= 15 is 0 Å². The van der Waals surface area contributed by atoms with E-state index < -0.39 is 0 Å². The van der Waals surface area contributed by atoms with E-state index in [-0.39, 0.29) is 18.6 Å². The Bertz CT molecular complexity index is 738. The minimum absolute atomic E-state index is 0.0720. The Morgan fingerprint density at radius 3 is 2.50 bits per heavy atom. The molecule has 0 unspecified atom stereocenters. The Balaban J connectivity index is 1.97. The minimum atomic E-state index is -0.181. The van der Waals surface area contributed by atoms with Crippen molar-refractivity contribution in [3.05, 3.63) is 62.1 Å². The molecule has 0 fully saturated rings. The highest BCUT2D eigenvalue weighted by molar-refractivity contribution is 9.10. The Morgan fingerprint density at radius 1 is 1.17 bits per heavy atom. The number of nitrogens with one attached hydrogen (secondary N) is 1. The first-order chi connectivity index (χ1) is 11.3. The molecule has 0 aliphatic heterocycles. The quantitative estimate of drug-likeness (QED) is 0.728. The van der Waals surface area contributed by atoms with Crippen molar-refractivity contribution in [2.75, 3.05) is 6.61 Å². The highest BCUT2D eigenvalue weighted by Gasteiger charge is 2.13. The van der Waals surface area contributed by atoms with Gasteiger partial charge in [0.2, 0.25) is 0 Å². The van der Waals surface area contributed by atoms with Crippen molar-refractivity contribution in [3.8, 4) is 5.75 Å². The summed E-state index contributed by atoms with van der Waals surface area (Å²) in [7, 11) is 0. The lowest BCUT2D eigenvalue weighted by Crippen LogP contribution is -2.31. The number of aryl methyl sites for hydroxylation is 3. The summed E-state index contributed by atoms with van der Waals surface area (Å²) in [6.07, 6.45) is 0. The summed E-state index contributed by atoms with van der Waals surface area (Å²) in [5, 5.41) is 3.43. The maximum Gasteiger partial charge on any atom is 0.258 e. The van der Waals surface area contributed by atoms with Gasteiger partial charge in [0.25, 0.3) is 5.91 Å². The zero-order valence-corrected chi connectivity index (χ0v) is 16.6. The van der Waals surface area contributed by atoms with Crippen LogP contribution in [0.15, 0.2) is 34.8 Å². The molecule has 3 nitrogen and oxygen atoms in total. The first-order valence-corrected chi connectivity index (χ1v) is 8.90. The summed E-state index contributed by atoms with van der Waals surface area (Å²) in [4.78, 5) is 12.2. The Hall–Kier alpha value is -1.52. The van der Waals surface area contributed by atoms with Crippen LogP contribution < -0.4 is 10.1 Å². The van der Waals surface area contributed by atoms with Crippen LogP contribution in [0.5, 0.6) is 5.75 Å². The van der Waals surface area contributed by atoms with Gasteiger partial charge >= 0.3 is 0 Å². The van der Waals surface area contributed by atoms with E-state index in [2.05, 4.69) is 47.2 Å². The molecule has 2 aromatic rings. The van der Waals surface area contributed by atoms with Gasteiger partial charge in [-0.15, -0.1) is 0 Å². The van der Waals surface area contributed by atoms with Gasteiger partial charge in [-0.25, -0.2) is 0 Å². The Kier molecular flexibility index (Phi) is 6.30. The molecule has 1 amide bonds. The van der Waals surface area contributed by atoms with Gasteiger partial charge in [0.1, 0.15) is 5.75 Å². The molecule has 5 heteroatoms. The molecule has 0 heterocycles. The number of carbonyl (C=O) groups excluding carboxylic acids is 1. The van der Waals surface area contributed by atoms with Crippen LogP contribution in [-0.2, 0) is 4.79 Å². The first kappa shape index (κ1) is 18.8. The molecular formula is C19H21BrClNO2. The summed E-state index contributed by atoms with van der Waals surface area (Å²) >= 11 is 9.54. The third-order valence-electron chi connectivity index (χ3n) is 3.95. The van der Waals surface area contributed by atoms with E-state index in [0.29, 0.717) is 10.8 Å². The zero-order valence-electron chi connectivity index (χ0n) is 14.2. The van der Waals surface area contributed by atoms with Gasteiger partial charge in [-0.05, 0) is 62.1 Å². The molecule has 0 saturated carbocycles. The number of amides is 1. The maximum absolute atomic E-state index is 12.2. The summed E-state index contributed by atoms with van der Waals surface area (Å²) in [5.41, 5.74) is 4.40. The average molecular weight is 411 g/mol. The van der Waals surface area contributed by atoms with Crippen molar-refractivity contribution < 1.29 is 9.53 Å². The van der Waals surface area contributed by atoms with Gasteiger partial charge in [-0.1, -0.05) is 45.7 Å². The van der Waals surface area contributed by atoms with Gasteiger partial charge < -0.3 is 10.1 Å². The molecule has 1 atom stereocenters. The van der Waals surface area contributed by atoms with Crippen molar-refractivity contribution in [1.82, 2.24) is 5.32 Å². The smallest absolute Gasteiger partial charge is 0.258 e. The van der Waals surface area contributed by atoms with E-state index in [1.165, 1.54) is 11.1 Å². The molecular weight excluding hydrogens is 390 g/mol. The molecule has 0 aliphatic carbocycles. The Morgan fingerprint density at radius 2 is 1.88 bits per heavy atom. The molecule has 0 aliphatic rings. The second kappa shape index (κ2) is 8.04. The molecule has 0 spiro atoms. The lowest BCUT2D eigenvalue weighted by atomic mass is 10.0. The van der Waals surface area contributed by atoms with Gasteiger partial charge in [0.05, 0.1) is 11.1 Å². The predicted molar refractivity (Wildman–Crippen MR) is 102 cm³/mol. The minimum Gasteiger partial charge on any atom is -0.482 e. The molecule has 0 bridgehead atoms. The lowest BCUT2D eigenvalue weighted by Gasteiger charge is -2.17. The topological polar surface area (TPSA) is 38.3 Å². The van der Waals surface area contributed by atoms with Gasteiger partial charge in [-0.3, -0.25) is 4.79 Å². The highest BCUT2D eigenvalue weighted by atomic mass is 79.9. The second-order valence-corrected chi connectivity index (χ2v) is 7.28. The standard InChI is InChI=1S/C19H21BrClNO2/c1-11-5-6-15(7-12(11)2)14(4)22-18(23)10-24-19-13(3)8-16(20)9-17(19)21/h5-9,14H,10H2,1-4H3,(H,22,23)/t14-/m1/s1. The largest absolute Gasteiger partial charge is 0.482 e. The van der Waals surface area contributed by atoms with Gasteiger partial charge in [-0.2, -0.15) is 0 Å². The number of benzene rings is 2. The fraction of sp³-hybridized carbons (Fsp3) is 0.316. The van der Waals surface area contributed by atoms with Crippen LogP contribution in [0, 0.1) is 20.8 Å². The van der Waals surface area contributed by atoms with Crippen LogP contribution in [0.3, 0.4) is 0 Å². The zero-order chi connectivity index (χ0) is 17.9. The average Bonchev–Trinajstić information content (AvgIpc) is 2.48. The van der Waals surface area contributed by atoms with Crippen LogP contribution in [0.1, 0.15) is 35.2 Å². The van der Waals surface area contributed by atoms with Gasteiger partial charge in [0.15, 0.2) is 6.61 Å². The summed E-state index contributed by atoms with van der Waals surface area (Å²) < 4.78 is 6.48. The van der Waals surface area contributed by atoms with Crippen LogP contribution in [0.2, 0.25) is 5.02 Å². The molecule has 2 rings (SSSR count). The first-order valence-electron chi connectivity index (χ1n) is 7.73. The summed E-state index contributed by atoms with van der Waals surface area (Å²) in [5.74, 6) is 0.355. The Labute approximate surface area is 156 Å². The third-order valence-corrected chi connectivity index (χ3v) is 4.69. The number of hydrogen-bond donors (Lipinski definition) is 1. The number of rotatable bonds is 5. The number of halogens is 2. The fourth-order valence-electron chi connectivity index (χ4n) is 2.41. The third kappa shape index (κ3) is 4.74. The van der Waals surface area contributed by atoms with E-state index in [1.807, 2.05) is 26.0 Å². The summed E-state index contributed by atoms with van der Waals surface area (Å²) in [6, 6.07) is 9.76. The van der Waals surface area contributed by atoms with Crippen molar-refractivity contribution in [2.45, 2.75) is 33.7 Å². The van der Waals surface area contributed by atoms with Crippen molar-refractivity contribution >= 4 is 33.4 Å². The fourth-order valence-corrected chi connectivity index (χ4v) is 3.44. The van der Waals surface area contributed by atoms with E-state index in [4.69, 9.17) is 16.3 Å². The van der Waals surface area contributed by atoms with Crippen molar-refractivity contribution in [1.29, 1.82) is 0 Å². The van der Waals surface area contributed by atoms with Crippen molar-refractivity contribution in [3.63, 3.8) is 0 Å². The van der Waals surface area contributed by atoms with E-state index in [9.17, 15) is 4.79 Å². The number of ether oxygens (including phenoxy) is 1. The molecule has 2 aromatic carbocycles. The van der Waals surface area contributed by atoms with Gasteiger partial charge in [0, 0.05) is 4.47 Å². The normalized spacial score (nSPS) is 11.9. The van der Waals surface area contributed by atoms with Crippen LogP contribution in [0.25, 0.3) is 0 Å². The molecule has 1 N–H and O–H groups in total. The number of carbonyl (C=O) groups is 1. The van der Waals surface area contributed by atoms with E-state index in [0.717, 1.165) is 15.6 Å². The lowest BCUT2D eigenvalue weighted by molar-refractivity contribution is -0.123. The molecule has 0 radical (unpaired) electrons. The monoisotopic (exact) mass is 409 g/mol.